The van der Waals surface area contributed by atoms with Gasteiger partial charge < -0.3 is 15.2 Å². The minimum atomic E-state index is -3.92. The van der Waals surface area contributed by atoms with E-state index >= 15 is 0 Å². The standard InChI is InChI=1S/C18H22N2O5S/c1-13(12-25-2)20-16-9-8-15(18(21)22)10-17(16)26(23,24)19-11-14-6-4-3-5-7-14/h3-10,13,19-20H,11-12H2,1-2H3,(H,21,22). The van der Waals surface area contributed by atoms with E-state index in [4.69, 9.17) is 4.74 Å². The van der Waals surface area contributed by atoms with E-state index in [1.165, 1.54) is 12.1 Å². The monoisotopic (exact) mass is 378 g/mol. The van der Waals surface area contributed by atoms with Crippen molar-refractivity contribution in [2.45, 2.75) is 24.4 Å². The number of sulfonamides is 1. The minimum absolute atomic E-state index is 0.102. The molecule has 0 fully saturated rings. The molecule has 0 aliphatic heterocycles. The summed E-state index contributed by atoms with van der Waals surface area (Å²) < 4.78 is 33.1. The van der Waals surface area contributed by atoms with E-state index < -0.39 is 16.0 Å². The maximum Gasteiger partial charge on any atom is 0.335 e. The number of nitrogens with one attached hydrogen (secondary N) is 2. The molecule has 26 heavy (non-hydrogen) atoms. The smallest absolute Gasteiger partial charge is 0.335 e. The first-order chi connectivity index (χ1) is 12.3. The summed E-state index contributed by atoms with van der Waals surface area (Å²) in [6.07, 6.45) is 0. The van der Waals surface area contributed by atoms with Gasteiger partial charge in [0.05, 0.1) is 17.9 Å². The Kier molecular flexibility index (Phi) is 6.73. The van der Waals surface area contributed by atoms with Crippen molar-refractivity contribution >= 4 is 21.7 Å². The fourth-order valence-corrected chi connectivity index (χ4v) is 3.62. The van der Waals surface area contributed by atoms with Crippen LogP contribution in [0.15, 0.2) is 53.4 Å². The number of benzene rings is 2. The number of carboxylic acids is 1. The van der Waals surface area contributed by atoms with Crippen LogP contribution in [0, 0.1) is 0 Å². The van der Waals surface area contributed by atoms with Gasteiger partial charge in [-0.1, -0.05) is 30.3 Å². The number of rotatable bonds is 9. The number of carboxylic acid groups (broad SMARTS) is 1. The van der Waals surface area contributed by atoms with Crippen LogP contribution >= 0.6 is 0 Å². The first kappa shape index (κ1) is 19.9. The fourth-order valence-electron chi connectivity index (χ4n) is 2.41. The van der Waals surface area contributed by atoms with Crippen LogP contribution in [0.25, 0.3) is 0 Å². The first-order valence-corrected chi connectivity index (χ1v) is 9.48. The fraction of sp³-hybridized carbons (Fsp3) is 0.278. The summed E-state index contributed by atoms with van der Waals surface area (Å²) in [4.78, 5) is 11.1. The lowest BCUT2D eigenvalue weighted by atomic mass is 10.2. The molecule has 0 heterocycles. The predicted molar refractivity (Wildman–Crippen MR) is 98.8 cm³/mol. The topological polar surface area (TPSA) is 105 Å². The predicted octanol–water partition coefficient (Wildman–Crippen LogP) is 2.31. The van der Waals surface area contributed by atoms with Gasteiger partial charge in [0.2, 0.25) is 10.0 Å². The van der Waals surface area contributed by atoms with Crippen LogP contribution in [0.3, 0.4) is 0 Å². The summed E-state index contributed by atoms with van der Waals surface area (Å²) in [5, 5.41) is 12.2. The SMILES string of the molecule is COCC(C)Nc1ccc(C(=O)O)cc1S(=O)(=O)NCc1ccccc1. The largest absolute Gasteiger partial charge is 0.478 e. The second kappa shape index (κ2) is 8.79. The van der Waals surface area contributed by atoms with E-state index in [1.807, 2.05) is 25.1 Å². The van der Waals surface area contributed by atoms with E-state index in [-0.39, 0.29) is 23.0 Å². The zero-order valence-corrected chi connectivity index (χ0v) is 15.4. The number of carbonyl (C=O) groups is 1. The molecule has 0 aliphatic carbocycles. The Hall–Kier alpha value is -2.42. The van der Waals surface area contributed by atoms with Crippen molar-refractivity contribution in [2.75, 3.05) is 19.0 Å². The first-order valence-electron chi connectivity index (χ1n) is 8.00. The highest BCUT2D eigenvalue weighted by Crippen LogP contribution is 2.24. The molecule has 2 aromatic rings. The number of hydrogen-bond acceptors (Lipinski definition) is 5. The van der Waals surface area contributed by atoms with Crippen LogP contribution < -0.4 is 10.0 Å². The van der Waals surface area contributed by atoms with Crippen LogP contribution in [-0.2, 0) is 21.3 Å². The summed E-state index contributed by atoms with van der Waals surface area (Å²) in [6.45, 7) is 2.31. The quantitative estimate of drug-likeness (QED) is 0.618. The molecule has 0 aliphatic rings. The third-order valence-corrected chi connectivity index (χ3v) is 5.09. The van der Waals surface area contributed by atoms with Crippen molar-refractivity contribution in [3.63, 3.8) is 0 Å². The van der Waals surface area contributed by atoms with Gasteiger partial charge in [0.15, 0.2) is 0 Å². The van der Waals surface area contributed by atoms with Crippen molar-refractivity contribution in [3.05, 3.63) is 59.7 Å². The highest BCUT2D eigenvalue weighted by atomic mass is 32.2. The molecule has 7 nitrogen and oxygen atoms in total. The summed E-state index contributed by atoms with van der Waals surface area (Å²) in [6, 6.07) is 12.9. The molecule has 2 rings (SSSR count). The zero-order chi connectivity index (χ0) is 19.2. The Balaban J connectivity index is 2.33. The van der Waals surface area contributed by atoms with E-state index in [1.54, 1.807) is 19.2 Å². The van der Waals surface area contributed by atoms with E-state index in [0.29, 0.717) is 12.3 Å². The molecule has 0 saturated heterocycles. The maximum atomic E-state index is 12.8. The lowest BCUT2D eigenvalue weighted by molar-refractivity contribution is 0.0696. The van der Waals surface area contributed by atoms with Gasteiger partial charge in [0, 0.05) is 19.7 Å². The third-order valence-electron chi connectivity index (χ3n) is 3.65. The van der Waals surface area contributed by atoms with Gasteiger partial charge in [0.1, 0.15) is 4.90 Å². The van der Waals surface area contributed by atoms with Crippen LogP contribution in [0.5, 0.6) is 0 Å². The molecule has 2 aromatic carbocycles. The van der Waals surface area contributed by atoms with Gasteiger partial charge in [-0.25, -0.2) is 17.9 Å². The molecular weight excluding hydrogens is 356 g/mol. The van der Waals surface area contributed by atoms with Crippen LogP contribution in [0.2, 0.25) is 0 Å². The molecule has 140 valence electrons. The molecule has 0 bridgehead atoms. The Bertz CT molecular complexity index is 853. The number of anilines is 1. The molecule has 0 saturated carbocycles. The van der Waals surface area contributed by atoms with E-state index in [0.717, 1.165) is 11.6 Å². The van der Waals surface area contributed by atoms with Crippen molar-refractivity contribution in [2.24, 2.45) is 0 Å². The Morgan fingerprint density at radius 3 is 2.50 bits per heavy atom. The van der Waals surface area contributed by atoms with Gasteiger partial charge in [-0.15, -0.1) is 0 Å². The highest BCUT2D eigenvalue weighted by Gasteiger charge is 2.21. The Labute approximate surface area is 153 Å². The summed E-state index contributed by atoms with van der Waals surface area (Å²) in [5.74, 6) is -1.19. The highest BCUT2D eigenvalue weighted by molar-refractivity contribution is 7.89. The molecule has 0 radical (unpaired) electrons. The van der Waals surface area contributed by atoms with Crippen LogP contribution in [-0.4, -0.2) is 39.3 Å². The minimum Gasteiger partial charge on any atom is -0.478 e. The lowest BCUT2D eigenvalue weighted by Gasteiger charge is -2.18. The van der Waals surface area contributed by atoms with Crippen molar-refractivity contribution in [1.82, 2.24) is 4.72 Å². The van der Waals surface area contributed by atoms with Gasteiger partial charge in [0.25, 0.3) is 0 Å². The Morgan fingerprint density at radius 2 is 1.88 bits per heavy atom. The average Bonchev–Trinajstić information content (AvgIpc) is 2.61. The van der Waals surface area contributed by atoms with Crippen LogP contribution in [0.1, 0.15) is 22.8 Å². The maximum absolute atomic E-state index is 12.8. The van der Waals surface area contributed by atoms with Crippen molar-refractivity contribution in [3.8, 4) is 0 Å². The second-order valence-corrected chi connectivity index (χ2v) is 7.56. The normalized spacial score (nSPS) is 12.5. The molecule has 0 aromatic heterocycles. The molecule has 0 spiro atoms. The molecule has 3 N–H and O–H groups in total. The van der Waals surface area contributed by atoms with Crippen molar-refractivity contribution < 1.29 is 23.1 Å². The molecular formula is C18H22N2O5S. The molecule has 1 atom stereocenters. The average molecular weight is 378 g/mol. The van der Waals surface area contributed by atoms with E-state index in [9.17, 15) is 18.3 Å². The van der Waals surface area contributed by atoms with Gasteiger partial charge in [-0.3, -0.25) is 0 Å². The summed E-state index contributed by atoms with van der Waals surface area (Å²) >= 11 is 0. The van der Waals surface area contributed by atoms with Gasteiger partial charge in [-0.2, -0.15) is 0 Å². The number of methoxy groups -OCH3 is 1. The number of hydrogen-bond donors (Lipinski definition) is 3. The van der Waals surface area contributed by atoms with Crippen molar-refractivity contribution in [1.29, 1.82) is 0 Å². The number of ether oxygens (including phenoxy) is 1. The molecule has 0 amide bonds. The zero-order valence-electron chi connectivity index (χ0n) is 14.6. The number of aromatic carboxylic acids is 1. The Morgan fingerprint density at radius 1 is 1.19 bits per heavy atom. The third kappa shape index (κ3) is 5.29. The summed E-state index contributed by atoms with van der Waals surface area (Å²) in [7, 11) is -2.38. The van der Waals surface area contributed by atoms with E-state index in [2.05, 4.69) is 10.0 Å². The lowest BCUT2D eigenvalue weighted by Crippen LogP contribution is -2.27. The second-order valence-electron chi connectivity index (χ2n) is 5.83. The molecule has 1 unspecified atom stereocenters. The summed E-state index contributed by atoms with van der Waals surface area (Å²) in [5.41, 5.74) is 1.02. The van der Waals surface area contributed by atoms with Gasteiger partial charge >= 0.3 is 5.97 Å². The van der Waals surface area contributed by atoms with Gasteiger partial charge in [-0.05, 0) is 30.7 Å². The van der Waals surface area contributed by atoms with Crippen LogP contribution in [0.4, 0.5) is 5.69 Å². The molecule has 8 heteroatoms.